The van der Waals surface area contributed by atoms with Crippen LogP contribution in [-0.4, -0.2) is 11.5 Å². The molecule has 7 heteroatoms. The summed E-state index contributed by atoms with van der Waals surface area (Å²) < 4.78 is 0.715. The van der Waals surface area contributed by atoms with Crippen LogP contribution in [0.3, 0.4) is 0 Å². The van der Waals surface area contributed by atoms with Crippen molar-refractivity contribution < 1.29 is 0 Å². The highest BCUT2D eigenvalue weighted by Crippen LogP contribution is 2.31. The number of hydrogen-bond donors (Lipinski definition) is 3. The highest BCUT2D eigenvalue weighted by Gasteiger charge is 2.07. The molecule has 0 fully saturated rings. The molecule has 1 aromatic carbocycles. The van der Waals surface area contributed by atoms with Gasteiger partial charge in [-0.2, -0.15) is 10.4 Å². The number of benzene rings is 1. The molecular formula is C10H9BrClN5. The zero-order valence-electron chi connectivity index (χ0n) is 8.88. The van der Waals surface area contributed by atoms with Crippen LogP contribution in [0, 0.1) is 23.7 Å². The van der Waals surface area contributed by atoms with E-state index in [4.69, 9.17) is 28.0 Å². The molecule has 17 heavy (non-hydrogen) atoms. The molecule has 1 rings (SSSR count). The van der Waals surface area contributed by atoms with Crippen LogP contribution < -0.4 is 11.2 Å². The number of anilines is 1. The van der Waals surface area contributed by atoms with Crippen LogP contribution in [0.1, 0.15) is 5.56 Å². The number of nitrogens with one attached hydrogen (secondary N) is 2. The van der Waals surface area contributed by atoms with Crippen molar-refractivity contribution in [3.8, 4) is 6.07 Å². The van der Waals surface area contributed by atoms with Crippen LogP contribution in [-0.2, 0) is 0 Å². The fraction of sp³-hybridized carbons (Fsp3) is 0.100. The van der Waals surface area contributed by atoms with Crippen molar-refractivity contribution in [1.29, 1.82) is 10.7 Å². The quantitative estimate of drug-likeness (QED) is 0.454. The van der Waals surface area contributed by atoms with Gasteiger partial charge in [-0.3, -0.25) is 10.8 Å². The number of nitrogens with zero attached hydrogens (tertiary/aromatic N) is 2. The third kappa shape index (κ3) is 3.44. The summed E-state index contributed by atoms with van der Waals surface area (Å²) in [7, 11) is 0. The van der Waals surface area contributed by atoms with Crippen molar-refractivity contribution in [3.63, 3.8) is 0 Å². The Kier molecular flexibility index (Phi) is 4.49. The fourth-order valence-corrected chi connectivity index (χ4v) is 2.16. The first-order valence-corrected chi connectivity index (χ1v) is 5.66. The summed E-state index contributed by atoms with van der Waals surface area (Å²) in [6.45, 7) is 1.90. The van der Waals surface area contributed by atoms with Crippen molar-refractivity contribution in [3.05, 3.63) is 27.2 Å². The van der Waals surface area contributed by atoms with Gasteiger partial charge in [-0.05, 0) is 40.5 Å². The Morgan fingerprint density at radius 1 is 1.65 bits per heavy atom. The topological polar surface area (TPSA) is 98.0 Å². The molecule has 5 nitrogen and oxygen atoms in total. The lowest BCUT2D eigenvalue weighted by atomic mass is 10.2. The van der Waals surface area contributed by atoms with Crippen LogP contribution in [0.25, 0.3) is 0 Å². The van der Waals surface area contributed by atoms with Crippen LogP contribution >= 0.6 is 27.5 Å². The number of rotatable bonds is 3. The number of hydrazone groups is 1. The Morgan fingerprint density at radius 3 is 2.76 bits per heavy atom. The summed E-state index contributed by atoms with van der Waals surface area (Å²) in [5, 5.41) is 19.9. The van der Waals surface area contributed by atoms with Gasteiger partial charge < -0.3 is 5.73 Å². The maximum absolute atomic E-state index is 8.67. The molecule has 0 heterocycles. The Labute approximate surface area is 112 Å². The molecule has 4 N–H and O–H groups in total. The lowest BCUT2D eigenvalue weighted by Gasteiger charge is -2.07. The summed E-state index contributed by atoms with van der Waals surface area (Å²) in [6.07, 6.45) is 0. The molecule has 0 saturated carbocycles. The lowest BCUT2D eigenvalue weighted by molar-refractivity contribution is 1.31. The highest BCUT2D eigenvalue weighted by atomic mass is 79.9. The Hall–Kier alpha value is -1.58. The van der Waals surface area contributed by atoms with E-state index in [1.54, 1.807) is 12.1 Å². The molecule has 0 aliphatic heterocycles. The van der Waals surface area contributed by atoms with E-state index in [-0.39, 0.29) is 5.71 Å². The van der Waals surface area contributed by atoms with E-state index in [1.807, 2.05) is 13.0 Å². The standard InChI is InChI=1S/C10H9BrClN5/c1-5-2-6(11)9(7(12)3-5)17-16-8(4-13)10(14)15/h2-3,17H,1H3,(H3,14,15)/b16-8+. The number of nitrogens with two attached hydrogens (primary N) is 1. The summed E-state index contributed by atoms with van der Waals surface area (Å²) in [6, 6.07) is 5.31. The summed E-state index contributed by atoms with van der Waals surface area (Å²) in [5.74, 6) is -0.403. The number of aryl methyl sites for hydroxylation is 1. The summed E-state index contributed by atoms with van der Waals surface area (Å²) >= 11 is 9.33. The van der Waals surface area contributed by atoms with Crippen LogP contribution in [0.4, 0.5) is 5.69 Å². The SMILES string of the molecule is Cc1cc(Cl)c(N/N=C(\C#N)C(=N)N)c(Br)c1. The fourth-order valence-electron chi connectivity index (χ4n) is 1.06. The van der Waals surface area contributed by atoms with E-state index >= 15 is 0 Å². The van der Waals surface area contributed by atoms with E-state index in [9.17, 15) is 0 Å². The van der Waals surface area contributed by atoms with E-state index < -0.39 is 5.84 Å². The number of nitriles is 1. The summed E-state index contributed by atoms with van der Waals surface area (Å²) in [4.78, 5) is 0. The molecule has 0 atom stereocenters. The van der Waals surface area contributed by atoms with Crippen LogP contribution in [0.2, 0.25) is 5.02 Å². The van der Waals surface area contributed by atoms with Crippen molar-refractivity contribution in [1.82, 2.24) is 0 Å². The van der Waals surface area contributed by atoms with Gasteiger partial charge in [0.05, 0.1) is 10.7 Å². The third-order valence-electron chi connectivity index (χ3n) is 1.83. The van der Waals surface area contributed by atoms with Crippen LogP contribution in [0.15, 0.2) is 21.7 Å². The number of halogens is 2. The van der Waals surface area contributed by atoms with Gasteiger partial charge in [0.15, 0.2) is 5.84 Å². The average molecular weight is 315 g/mol. The van der Waals surface area contributed by atoms with Crippen molar-refractivity contribution in [2.45, 2.75) is 6.92 Å². The second-order valence-corrected chi connectivity index (χ2v) is 4.46. The highest BCUT2D eigenvalue weighted by molar-refractivity contribution is 9.10. The Balaban J connectivity index is 3.05. The van der Waals surface area contributed by atoms with E-state index in [2.05, 4.69) is 26.5 Å². The first kappa shape index (κ1) is 13.5. The third-order valence-corrected chi connectivity index (χ3v) is 2.75. The van der Waals surface area contributed by atoms with Gasteiger partial charge in [0.25, 0.3) is 0 Å². The molecule has 1 aromatic rings. The van der Waals surface area contributed by atoms with E-state index in [1.165, 1.54) is 0 Å². The maximum Gasteiger partial charge on any atom is 0.201 e. The normalized spacial score (nSPS) is 10.8. The van der Waals surface area contributed by atoms with Gasteiger partial charge in [-0.15, -0.1) is 0 Å². The Morgan fingerprint density at radius 2 is 2.29 bits per heavy atom. The largest absolute Gasteiger partial charge is 0.382 e. The molecule has 0 bridgehead atoms. The second kappa shape index (κ2) is 5.66. The molecular weight excluding hydrogens is 306 g/mol. The number of hydrogen-bond acceptors (Lipinski definition) is 4. The zero-order chi connectivity index (χ0) is 13.0. The molecule has 0 aliphatic carbocycles. The zero-order valence-corrected chi connectivity index (χ0v) is 11.2. The van der Waals surface area contributed by atoms with Gasteiger partial charge in [-0.1, -0.05) is 11.6 Å². The minimum atomic E-state index is -0.403. The van der Waals surface area contributed by atoms with E-state index in [0.717, 1.165) is 5.56 Å². The molecule has 0 amide bonds. The Bertz CT molecular complexity index is 509. The minimum absolute atomic E-state index is 0.200. The van der Waals surface area contributed by atoms with Gasteiger partial charge in [0.1, 0.15) is 6.07 Å². The number of amidine groups is 1. The monoisotopic (exact) mass is 313 g/mol. The lowest BCUT2D eigenvalue weighted by Crippen LogP contribution is -2.21. The van der Waals surface area contributed by atoms with Crippen molar-refractivity contribution in [2.75, 3.05) is 5.43 Å². The van der Waals surface area contributed by atoms with Gasteiger partial charge in [0.2, 0.25) is 5.71 Å². The molecule has 0 saturated heterocycles. The molecule has 0 unspecified atom stereocenters. The van der Waals surface area contributed by atoms with E-state index in [0.29, 0.717) is 15.2 Å². The molecule has 0 aliphatic rings. The van der Waals surface area contributed by atoms with Gasteiger partial charge in [0, 0.05) is 4.47 Å². The van der Waals surface area contributed by atoms with Crippen molar-refractivity contribution in [2.24, 2.45) is 10.8 Å². The average Bonchev–Trinajstić information content (AvgIpc) is 2.21. The predicted molar refractivity (Wildman–Crippen MR) is 72.5 cm³/mol. The van der Waals surface area contributed by atoms with Crippen LogP contribution in [0.5, 0.6) is 0 Å². The molecule has 0 aromatic heterocycles. The second-order valence-electron chi connectivity index (χ2n) is 3.20. The van der Waals surface area contributed by atoms with Crippen molar-refractivity contribution >= 4 is 44.8 Å². The smallest absolute Gasteiger partial charge is 0.201 e. The first-order chi connectivity index (χ1) is 7.95. The summed E-state index contributed by atoms with van der Waals surface area (Å²) in [5.41, 5.74) is 9.07. The molecule has 0 radical (unpaired) electrons. The molecule has 88 valence electrons. The minimum Gasteiger partial charge on any atom is -0.382 e. The first-order valence-electron chi connectivity index (χ1n) is 4.49. The van der Waals surface area contributed by atoms with Gasteiger partial charge in [-0.25, -0.2) is 0 Å². The molecule has 0 spiro atoms. The predicted octanol–water partition coefficient (Wildman–Crippen LogP) is 2.64. The van der Waals surface area contributed by atoms with Gasteiger partial charge >= 0.3 is 0 Å². The maximum atomic E-state index is 8.67.